The molecule has 0 unspecified atom stereocenters. The van der Waals surface area contributed by atoms with E-state index in [0.717, 1.165) is 36.4 Å². The number of para-hydroxylation sites is 2. The number of hydrogen-bond acceptors (Lipinski definition) is 3. The van der Waals surface area contributed by atoms with Crippen molar-refractivity contribution in [2.45, 2.75) is 19.9 Å². The molecule has 0 aliphatic heterocycles. The average Bonchev–Trinajstić information content (AvgIpc) is 2.92. The molecule has 0 fully saturated rings. The van der Waals surface area contributed by atoms with E-state index in [9.17, 15) is 0 Å². The Kier molecular flexibility index (Phi) is 3.74. The van der Waals surface area contributed by atoms with E-state index >= 15 is 0 Å². The van der Waals surface area contributed by atoms with Crippen LogP contribution in [0, 0.1) is 0 Å². The van der Waals surface area contributed by atoms with Crippen molar-refractivity contribution in [1.29, 1.82) is 0 Å². The van der Waals surface area contributed by atoms with E-state index in [-0.39, 0.29) is 0 Å². The van der Waals surface area contributed by atoms with E-state index in [0.29, 0.717) is 0 Å². The number of aromatic nitrogens is 3. The second-order valence-corrected chi connectivity index (χ2v) is 4.80. The second-order valence-electron chi connectivity index (χ2n) is 4.80. The summed E-state index contributed by atoms with van der Waals surface area (Å²) in [6, 6.07) is 12.2. The van der Waals surface area contributed by atoms with Crippen molar-refractivity contribution in [3.05, 3.63) is 54.5 Å². The molecule has 0 radical (unpaired) electrons. The summed E-state index contributed by atoms with van der Waals surface area (Å²) in [5.41, 5.74) is 3.31. The summed E-state index contributed by atoms with van der Waals surface area (Å²) in [6.45, 7) is 4.07. The van der Waals surface area contributed by atoms with E-state index < -0.39 is 0 Å². The van der Waals surface area contributed by atoms with Gasteiger partial charge in [0, 0.05) is 12.7 Å². The fourth-order valence-electron chi connectivity index (χ4n) is 2.25. The fraction of sp³-hybridized carbons (Fsp3) is 0.250. The molecule has 1 aromatic carbocycles. The fourth-order valence-corrected chi connectivity index (χ4v) is 2.25. The minimum atomic E-state index is 0.871. The van der Waals surface area contributed by atoms with Gasteiger partial charge in [-0.25, -0.2) is 9.97 Å². The molecule has 0 spiro atoms. The van der Waals surface area contributed by atoms with Crippen LogP contribution >= 0.6 is 0 Å². The van der Waals surface area contributed by atoms with E-state index in [4.69, 9.17) is 0 Å². The van der Waals surface area contributed by atoms with Gasteiger partial charge < -0.3 is 5.32 Å². The van der Waals surface area contributed by atoms with Crippen molar-refractivity contribution in [2.75, 3.05) is 6.54 Å². The lowest BCUT2D eigenvalue weighted by molar-refractivity contribution is 0.674. The molecule has 0 saturated heterocycles. The minimum Gasteiger partial charge on any atom is -0.313 e. The average molecular weight is 266 g/mol. The third kappa shape index (κ3) is 2.56. The first-order valence-electron chi connectivity index (χ1n) is 6.96. The van der Waals surface area contributed by atoms with E-state index in [1.165, 1.54) is 5.56 Å². The molecule has 3 rings (SSSR count). The monoisotopic (exact) mass is 266 g/mol. The van der Waals surface area contributed by atoms with Crippen molar-refractivity contribution >= 4 is 11.0 Å². The minimum absolute atomic E-state index is 0.871. The highest BCUT2D eigenvalue weighted by atomic mass is 15.1. The first kappa shape index (κ1) is 12.8. The predicted octanol–water partition coefficient (Wildman–Crippen LogP) is 2.92. The Bertz CT molecular complexity index is 702. The molecule has 102 valence electrons. The van der Waals surface area contributed by atoms with Gasteiger partial charge >= 0.3 is 0 Å². The van der Waals surface area contributed by atoms with Crippen LogP contribution in [0.5, 0.6) is 0 Å². The zero-order valence-electron chi connectivity index (χ0n) is 11.6. The molecular formula is C16H18N4. The Morgan fingerprint density at radius 2 is 2.05 bits per heavy atom. The van der Waals surface area contributed by atoms with Crippen LogP contribution < -0.4 is 5.32 Å². The summed E-state index contributed by atoms with van der Waals surface area (Å²) in [5.74, 6) is 0.912. The topological polar surface area (TPSA) is 42.7 Å². The summed E-state index contributed by atoms with van der Waals surface area (Å²) in [7, 11) is 0. The van der Waals surface area contributed by atoms with E-state index in [1.807, 2.05) is 41.4 Å². The quantitative estimate of drug-likeness (QED) is 0.722. The van der Waals surface area contributed by atoms with Gasteiger partial charge in [-0.15, -0.1) is 0 Å². The molecule has 20 heavy (non-hydrogen) atoms. The lowest BCUT2D eigenvalue weighted by atomic mass is 10.2. The third-order valence-corrected chi connectivity index (χ3v) is 3.27. The van der Waals surface area contributed by atoms with Gasteiger partial charge in [-0.1, -0.05) is 19.1 Å². The number of imidazole rings is 1. The first-order chi connectivity index (χ1) is 9.88. The Hall–Kier alpha value is -2.20. The molecule has 0 atom stereocenters. The van der Waals surface area contributed by atoms with Crippen LogP contribution in [-0.2, 0) is 6.54 Å². The van der Waals surface area contributed by atoms with Gasteiger partial charge in [0.05, 0.1) is 11.0 Å². The van der Waals surface area contributed by atoms with Crippen molar-refractivity contribution in [1.82, 2.24) is 19.9 Å². The van der Waals surface area contributed by atoms with Gasteiger partial charge in [0.25, 0.3) is 0 Å². The van der Waals surface area contributed by atoms with E-state index in [1.54, 1.807) is 0 Å². The molecule has 0 amide bonds. The second kappa shape index (κ2) is 5.84. The first-order valence-corrected chi connectivity index (χ1v) is 6.96. The highest BCUT2D eigenvalue weighted by Gasteiger charge is 2.05. The van der Waals surface area contributed by atoms with E-state index in [2.05, 4.69) is 34.3 Å². The van der Waals surface area contributed by atoms with Crippen molar-refractivity contribution in [3.8, 4) is 5.82 Å². The summed E-state index contributed by atoms with van der Waals surface area (Å²) in [4.78, 5) is 8.86. The summed E-state index contributed by atoms with van der Waals surface area (Å²) in [5, 5.41) is 3.41. The maximum atomic E-state index is 4.46. The molecule has 0 aliphatic carbocycles. The van der Waals surface area contributed by atoms with Crippen LogP contribution in [-0.4, -0.2) is 21.1 Å². The molecule has 3 aromatic rings. The lowest BCUT2D eigenvalue weighted by Gasteiger charge is -2.07. The lowest BCUT2D eigenvalue weighted by Crippen LogP contribution is -2.14. The molecule has 1 N–H and O–H groups in total. The number of nitrogens with zero attached hydrogens (tertiary/aromatic N) is 3. The standard InChI is InChI=1S/C16H18N4/c1-2-8-17-11-13-7-9-18-16(10-13)20-12-19-14-5-3-4-6-15(14)20/h3-7,9-10,12,17H,2,8,11H2,1H3. The van der Waals surface area contributed by atoms with Gasteiger partial charge in [-0.05, 0) is 42.8 Å². The Morgan fingerprint density at radius 3 is 2.95 bits per heavy atom. The van der Waals surface area contributed by atoms with Crippen molar-refractivity contribution < 1.29 is 0 Å². The molecule has 0 aliphatic rings. The molecule has 4 heteroatoms. The molecule has 2 heterocycles. The largest absolute Gasteiger partial charge is 0.313 e. The summed E-state index contributed by atoms with van der Waals surface area (Å²) >= 11 is 0. The number of nitrogens with one attached hydrogen (secondary N) is 1. The van der Waals surface area contributed by atoms with Gasteiger partial charge in [-0.3, -0.25) is 4.57 Å². The van der Waals surface area contributed by atoms with Gasteiger partial charge in [0.1, 0.15) is 12.1 Å². The molecule has 2 aromatic heterocycles. The number of benzene rings is 1. The van der Waals surface area contributed by atoms with Crippen LogP contribution in [0.2, 0.25) is 0 Å². The Labute approximate surface area is 118 Å². The highest BCUT2D eigenvalue weighted by molar-refractivity contribution is 5.76. The number of hydrogen-bond donors (Lipinski definition) is 1. The van der Waals surface area contributed by atoms with Crippen LogP contribution in [0.4, 0.5) is 0 Å². The van der Waals surface area contributed by atoms with Gasteiger partial charge in [0.2, 0.25) is 0 Å². The smallest absolute Gasteiger partial charge is 0.138 e. The predicted molar refractivity (Wildman–Crippen MR) is 80.9 cm³/mol. The number of fused-ring (bicyclic) bond motifs is 1. The van der Waals surface area contributed by atoms with Gasteiger partial charge in [0.15, 0.2) is 0 Å². The SMILES string of the molecule is CCCNCc1ccnc(-n2cnc3ccccc32)c1. The maximum absolute atomic E-state index is 4.46. The van der Waals surface area contributed by atoms with Crippen LogP contribution in [0.25, 0.3) is 16.9 Å². The molecule has 0 bridgehead atoms. The van der Waals surface area contributed by atoms with Crippen molar-refractivity contribution in [3.63, 3.8) is 0 Å². The Balaban J connectivity index is 1.92. The summed E-state index contributed by atoms with van der Waals surface area (Å²) in [6.07, 6.45) is 4.83. The van der Waals surface area contributed by atoms with Crippen LogP contribution in [0.3, 0.4) is 0 Å². The van der Waals surface area contributed by atoms with Crippen molar-refractivity contribution in [2.24, 2.45) is 0 Å². The highest BCUT2D eigenvalue weighted by Crippen LogP contribution is 2.16. The third-order valence-electron chi connectivity index (χ3n) is 3.27. The van der Waals surface area contributed by atoms with Gasteiger partial charge in [-0.2, -0.15) is 0 Å². The molecule has 0 saturated carbocycles. The molecule has 4 nitrogen and oxygen atoms in total. The zero-order valence-corrected chi connectivity index (χ0v) is 11.6. The van der Waals surface area contributed by atoms with Crippen LogP contribution in [0.15, 0.2) is 48.9 Å². The maximum Gasteiger partial charge on any atom is 0.138 e. The number of pyridine rings is 1. The normalized spacial score (nSPS) is 11.1. The van der Waals surface area contributed by atoms with Crippen LogP contribution in [0.1, 0.15) is 18.9 Å². The molecular weight excluding hydrogens is 248 g/mol. The Morgan fingerprint density at radius 1 is 1.15 bits per heavy atom. The zero-order chi connectivity index (χ0) is 13.8. The number of rotatable bonds is 5. The summed E-state index contributed by atoms with van der Waals surface area (Å²) < 4.78 is 2.03.